The molecule has 0 spiro atoms. The molecular formula is C12H17Cl2NOS. The van der Waals surface area contributed by atoms with Gasteiger partial charge in [-0.3, -0.25) is 0 Å². The molecule has 0 saturated carbocycles. The maximum atomic E-state index is 6.10. The lowest BCUT2D eigenvalue weighted by molar-refractivity contribution is 0.174. The van der Waals surface area contributed by atoms with E-state index in [9.17, 15) is 0 Å². The van der Waals surface area contributed by atoms with Gasteiger partial charge in [0.05, 0.1) is 11.6 Å². The topological polar surface area (TPSA) is 21.3 Å². The average molecular weight is 294 g/mol. The third-order valence-electron chi connectivity index (χ3n) is 2.19. The molecule has 2 nitrogen and oxygen atoms in total. The molecule has 0 amide bonds. The molecule has 0 heterocycles. The van der Waals surface area contributed by atoms with Crippen LogP contribution in [0.4, 0.5) is 0 Å². The molecule has 5 heteroatoms. The van der Waals surface area contributed by atoms with Crippen LogP contribution >= 0.6 is 35.0 Å². The number of nitrogens with one attached hydrogen (secondary N) is 1. The van der Waals surface area contributed by atoms with Gasteiger partial charge in [0.25, 0.3) is 0 Å². The second kappa shape index (κ2) is 8.22. The van der Waals surface area contributed by atoms with Crippen LogP contribution < -0.4 is 5.32 Å². The van der Waals surface area contributed by atoms with Crippen molar-refractivity contribution < 1.29 is 4.74 Å². The summed E-state index contributed by atoms with van der Waals surface area (Å²) in [5.74, 6) is 0.905. The largest absolute Gasteiger partial charge is 0.383 e. The maximum Gasteiger partial charge on any atom is 0.0624 e. The molecule has 0 aliphatic rings. The van der Waals surface area contributed by atoms with Crippen LogP contribution in [0, 0.1) is 0 Å². The number of likely N-dealkylation sites (N-methyl/N-ethyl adjacent to an activating group) is 1. The van der Waals surface area contributed by atoms with Crippen LogP contribution in [-0.2, 0) is 4.74 Å². The Kier molecular flexibility index (Phi) is 7.32. The zero-order valence-corrected chi connectivity index (χ0v) is 12.3. The van der Waals surface area contributed by atoms with Crippen LogP contribution in [0.3, 0.4) is 0 Å². The molecule has 0 aliphatic heterocycles. The van der Waals surface area contributed by atoms with Crippen molar-refractivity contribution in [3.05, 3.63) is 28.2 Å². The number of ether oxygens (including phenoxy) is 1. The Labute approximate surface area is 117 Å². The molecule has 1 N–H and O–H groups in total. The van der Waals surface area contributed by atoms with E-state index in [1.54, 1.807) is 24.9 Å². The van der Waals surface area contributed by atoms with E-state index >= 15 is 0 Å². The van der Waals surface area contributed by atoms with E-state index in [4.69, 9.17) is 27.9 Å². The summed E-state index contributed by atoms with van der Waals surface area (Å²) in [6.45, 7) is 3.70. The van der Waals surface area contributed by atoms with Gasteiger partial charge in [0.15, 0.2) is 0 Å². The summed E-state index contributed by atoms with van der Waals surface area (Å²) in [7, 11) is 1.71. The van der Waals surface area contributed by atoms with Gasteiger partial charge in [-0.05, 0) is 24.7 Å². The molecule has 1 aromatic carbocycles. The molecular weight excluding hydrogens is 277 g/mol. The summed E-state index contributed by atoms with van der Waals surface area (Å²) in [6.07, 6.45) is 0. The molecule has 0 radical (unpaired) electrons. The maximum absolute atomic E-state index is 6.10. The smallest absolute Gasteiger partial charge is 0.0624 e. The standard InChI is InChI=1S/C12H17Cl2NOS/c1-3-15-10(7-16-2)8-17-12-6-9(13)4-5-11(12)14/h4-6,10,15H,3,7-8H2,1-2H3. The number of thioether (sulfide) groups is 1. The van der Waals surface area contributed by atoms with E-state index in [1.807, 2.05) is 12.1 Å². The highest BCUT2D eigenvalue weighted by Gasteiger charge is 2.09. The Balaban J connectivity index is 2.55. The van der Waals surface area contributed by atoms with Crippen LogP contribution in [0.25, 0.3) is 0 Å². The van der Waals surface area contributed by atoms with Crippen molar-refractivity contribution in [2.24, 2.45) is 0 Å². The van der Waals surface area contributed by atoms with Gasteiger partial charge in [0, 0.05) is 28.8 Å². The highest BCUT2D eigenvalue weighted by molar-refractivity contribution is 7.99. The van der Waals surface area contributed by atoms with Crippen molar-refractivity contribution in [1.82, 2.24) is 5.32 Å². The summed E-state index contributed by atoms with van der Waals surface area (Å²) in [5, 5.41) is 4.82. The highest BCUT2D eigenvalue weighted by atomic mass is 35.5. The van der Waals surface area contributed by atoms with E-state index in [0.717, 1.165) is 22.2 Å². The molecule has 1 unspecified atom stereocenters. The van der Waals surface area contributed by atoms with Gasteiger partial charge in [0.2, 0.25) is 0 Å². The first kappa shape index (κ1) is 15.1. The van der Waals surface area contributed by atoms with E-state index < -0.39 is 0 Å². The van der Waals surface area contributed by atoms with Gasteiger partial charge < -0.3 is 10.1 Å². The van der Waals surface area contributed by atoms with Crippen molar-refractivity contribution in [1.29, 1.82) is 0 Å². The van der Waals surface area contributed by atoms with E-state index in [0.29, 0.717) is 17.7 Å². The fourth-order valence-electron chi connectivity index (χ4n) is 1.43. The molecule has 0 saturated heterocycles. The number of halogens is 2. The van der Waals surface area contributed by atoms with Crippen LogP contribution in [-0.4, -0.2) is 32.1 Å². The second-order valence-electron chi connectivity index (χ2n) is 3.60. The first-order chi connectivity index (χ1) is 8.17. The average Bonchev–Trinajstić information content (AvgIpc) is 2.30. The van der Waals surface area contributed by atoms with Gasteiger partial charge in [-0.1, -0.05) is 30.1 Å². The summed E-state index contributed by atoms with van der Waals surface area (Å²) < 4.78 is 5.16. The third-order valence-corrected chi connectivity index (χ3v) is 4.09. The Morgan fingerprint density at radius 3 is 2.82 bits per heavy atom. The zero-order valence-electron chi connectivity index (χ0n) is 10.0. The van der Waals surface area contributed by atoms with Gasteiger partial charge in [-0.15, -0.1) is 11.8 Å². The van der Waals surface area contributed by atoms with Gasteiger partial charge in [-0.25, -0.2) is 0 Å². The first-order valence-corrected chi connectivity index (χ1v) is 7.21. The number of rotatable bonds is 7. The molecule has 0 aromatic heterocycles. The van der Waals surface area contributed by atoms with Crippen molar-refractivity contribution >= 4 is 35.0 Å². The summed E-state index contributed by atoms with van der Waals surface area (Å²) in [6, 6.07) is 5.84. The van der Waals surface area contributed by atoms with Crippen LogP contribution in [0.1, 0.15) is 6.92 Å². The minimum absolute atomic E-state index is 0.324. The van der Waals surface area contributed by atoms with Crippen LogP contribution in [0.15, 0.2) is 23.1 Å². The lowest BCUT2D eigenvalue weighted by Gasteiger charge is -2.16. The van der Waals surface area contributed by atoms with Crippen molar-refractivity contribution in [2.75, 3.05) is 26.0 Å². The lowest BCUT2D eigenvalue weighted by atomic mass is 10.3. The predicted octanol–water partition coefficient (Wildman–Crippen LogP) is 3.71. The summed E-state index contributed by atoms with van der Waals surface area (Å²) >= 11 is 13.7. The molecule has 0 aliphatic carbocycles. The summed E-state index contributed by atoms with van der Waals surface area (Å²) in [5.41, 5.74) is 0. The number of methoxy groups -OCH3 is 1. The molecule has 1 aromatic rings. The minimum atomic E-state index is 0.324. The Morgan fingerprint density at radius 1 is 1.41 bits per heavy atom. The number of hydrogen-bond acceptors (Lipinski definition) is 3. The van der Waals surface area contributed by atoms with Gasteiger partial charge in [0.1, 0.15) is 0 Å². The third kappa shape index (κ3) is 5.49. The molecule has 0 bridgehead atoms. The molecule has 17 heavy (non-hydrogen) atoms. The van der Waals surface area contributed by atoms with E-state index in [2.05, 4.69) is 12.2 Å². The fourth-order valence-corrected chi connectivity index (χ4v) is 2.96. The zero-order chi connectivity index (χ0) is 12.7. The quantitative estimate of drug-likeness (QED) is 0.775. The van der Waals surface area contributed by atoms with Crippen molar-refractivity contribution in [3.8, 4) is 0 Å². The van der Waals surface area contributed by atoms with Crippen molar-refractivity contribution in [3.63, 3.8) is 0 Å². The van der Waals surface area contributed by atoms with Crippen LogP contribution in [0.5, 0.6) is 0 Å². The monoisotopic (exact) mass is 293 g/mol. The Bertz CT molecular complexity index is 343. The first-order valence-electron chi connectivity index (χ1n) is 5.47. The van der Waals surface area contributed by atoms with Crippen molar-refractivity contribution in [2.45, 2.75) is 17.9 Å². The van der Waals surface area contributed by atoms with Gasteiger partial charge >= 0.3 is 0 Å². The van der Waals surface area contributed by atoms with Crippen LogP contribution in [0.2, 0.25) is 10.0 Å². The minimum Gasteiger partial charge on any atom is -0.383 e. The van der Waals surface area contributed by atoms with Gasteiger partial charge in [-0.2, -0.15) is 0 Å². The van der Waals surface area contributed by atoms with E-state index in [1.165, 1.54) is 0 Å². The Morgan fingerprint density at radius 2 is 2.18 bits per heavy atom. The second-order valence-corrected chi connectivity index (χ2v) is 5.50. The molecule has 0 fully saturated rings. The number of benzene rings is 1. The lowest BCUT2D eigenvalue weighted by Crippen LogP contribution is -2.35. The normalized spacial score (nSPS) is 12.7. The number of hydrogen-bond donors (Lipinski definition) is 1. The molecule has 96 valence electrons. The highest BCUT2D eigenvalue weighted by Crippen LogP contribution is 2.30. The predicted molar refractivity (Wildman–Crippen MR) is 76.5 cm³/mol. The van der Waals surface area contributed by atoms with E-state index in [-0.39, 0.29) is 0 Å². The molecule has 1 atom stereocenters. The Hall–Kier alpha value is 0.0700. The SMILES string of the molecule is CCNC(COC)CSc1cc(Cl)ccc1Cl. The molecule has 1 rings (SSSR count). The fraction of sp³-hybridized carbons (Fsp3) is 0.500. The summed E-state index contributed by atoms with van der Waals surface area (Å²) in [4.78, 5) is 1.01.